The zero-order chi connectivity index (χ0) is 38.4. The number of ether oxygens (including phenoxy) is 1. The predicted molar refractivity (Wildman–Crippen MR) is 218 cm³/mol. The largest absolute Gasteiger partial charge is 0.463 e. The van der Waals surface area contributed by atoms with Gasteiger partial charge in [0.05, 0.1) is 17.1 Å². The van der Waals surface area contributed by atoms with E-state index < -0.39 is 41.0 Å². The first kappa shape index (κ1) is 42.8. The molecule has 8 nitrogen and oxygen atoms in total. The molecule has 0 aliphatic carbocycles. The Balaban J connectivity index is 1.26. The fourth-order valence-corrected chi connectivity index (χ4v) is 11.0. The van der Waals surface area contributed by atoms with Gasteiger partial charge in [-0.3, -0.25) is 19.7 Å². The van der Waals surface area contributed by atoms with Crippen LogP contribution < -0.4 is 21.2 Å². The van der Waals surface area contributed by atoms with Crippen LogP contribution in [0.2, 0.25) is 15.1 Å². The highest BCUT2D eigenvalue weighted by Crippen LogP contribution is 2.56. The number of nitrogens with one attached hydrogen (secondary N) is 1. The number of aliphatic hydroxyl groups excluding tert-OH is 1. The average Bonchev–Trinajstić information content (AvgIpc) is 3.15. The number of amides is 1. The molecule has 0 saturated carbocycles. The first-order valence-electron chi connectivity index (χ1n) is 17.2. The molecular formula is C39H41Cl5N2O6P+. The maximum atomic E-state index is 12.6. The molecule has 0 spiro atoms. The molecule has 0 unspecified atom stereocenters. The summed E-state index contributed by atoms with van der Waals surface area (Å²) in [5.74, 6) is -1.25. The maximum Gasteiger partial charge on any atom is 0.305 e. The number of carbonyl (C=O) groups is 2. The van der Waals surface area contributed by atoms with E-state index in [1.54, 1.807) is 0 Å². The third-order valence-corrected chi connectivity index (χ3v) is 14.6. The molecule has 53 heavy (non-hydrogen) atoms. The third kappa shape index (κ3) is 12.5. The summed E-state index contributed by atoms with van der Waals surface area (Å²) in [5.41, 5.74) is 0.125. The molecule has 0 aromatic heterocycles. The summed E-state index contributed by atoms with van der Waals surface area (Å²) in [6.45, 7) is -0.338. The van der Waals surface area contributed by atoms with Crippen LogP contribution in [0, 0.1) is 10.1 Å². The van der Waals surface area contributed by atoms with Crippen molar-refractivity contribution >= 4 is 98.7 Å². The summed E-state index contributed by atoms with van der Waals surface area (Å²) in [5, 5.41) is 30.1. The minimum absolute atomic E-state index is 0.157. The fourth-order valence-electron chi connectivity index (χ4n) is 6.16. The molecule has 0 radical (unpaired) electrons. The van der Waals surface area contributed by atoms with Crippen LogP contribution in [-0.2, 0) is 14.3 Å². The number of unbranched alkanes of at least 4 members (excludes halogenated alkanes) is 6. The van der Waals surface area contributed by atoms with Gasteiger partial charge in [-0.1, -0.05) is 83.7 Å². The van der Waals surface area contributed by atoms with Crippen LogP contribution >= 0.6 is 65.3 Å². The number of hydrogen-bond donors (Lipinski definition) is 2. The van der Waals surface area contributed by atoms with Gasteiger partial charge in [-0.2, -0.15) is 0 Å². The molecular weight excluding hydrogens is 801 g/mol. The Morgan fingerprint density at radius 1 is 0.698 bits per heavy atom. The topological polar surface area (TPSA) is 119 Å². The smallest absolute Gasteiger partial charge is 0.305 e. The first-order chi connectivity index (χ1) is 25.4. The van der Waals surface area contributed by atoms with Crippen molar-refractivity contribution in [3.63, 3.8) is 0 Å². The number of nitro groups is 1. The highest BCUT2D eigenvalue weighted by Gasteiger charge is 2.44. The molecule has 0 bridgehead atoms. The standard InChI is InChI=1S/C39H40Cl5N2O6P/c40-28-11-19-32(20-12-28)53(33-21-13-29(41)14-22-33,34-23-15-30(42)16-24-34)25-7-5-3-1-2-4-6-8-36(47)52-26-35(45-39(49)38(43)44)37(48)27-9-17-31(18-10-27)46(50)51/h9-24,35,37-38,48H,1-8,25-26H2/p+1/t35-,37+/m0/s1. The van der Waals surface area contributed by atoms with E-state index >= 15 is 0 Å². The van der Waals surface area contributed by atoms with Crippen LogP contribution in [-0.4, -0.2) is 45.6 Å². The highest BCUT2D eigenvalue weighted by atomic mass is 35.5. The molecule has 1 amide bonds. The molecule has 0 aliphatic rings. The van der Waals surface area contributed by atoms with Crippen LogP contribution in [0.4, 0.5) is 5.69 Å². The Kier molecular flexibility index (Phi) is 17.1. The van der Waals surface area contributed by atoms with Gasteiger partial charge in [-0.25, -0.2) is 0 Å². The predicted octanol–water partition coefficient (Wildman–Crippen LogP) is 9.54. The van der Waals surface area contributed by atoms with E-state index in [0.717, 1.165) is 44.7 Å². The van der Waals surface area contributed by atoms with Crippen LogP contribution in [0.15, 0.2) is 97.1 Å². The quantitative estimate of drug-likeness (QED) is 0.0229. The number of aliphatic hydroxyl groups is 1. The molecule has 2 atom stereocenters. The maximum absolute atomic E-state index is 12.6. The SMILES string of the molecule is O=C(CCCCCCCCC[P+](c1ccc(Cl)cc1)(c1ccc(Cl)cc1)c1ccc(Cl)cc1)OC[C@H](NC(=O)C(Cl)Cl)[C@H](O)c1ccc([N+](=O)[O-])cc1. The molecule has 0 aliphatic heterocycles. The van der Waals surface area contributed by atoms with Crippen LogP contribution in [0.3, 0.4) is 0 Å². The number of esters is 1. The van der Waals surface area contributed by atoms with Crippen molar-refractivity contribution in [2.75, 3.05) is 12.8 Å². The Morgan fingerprint density at radius 2 is 1.13 bits per heavy atom. The van der Waals surface area contributed by atoms with E-state index in [9.17, 15) is 24.8 Å². The number of carbonyl (C=O) groups excluding carboxylic acids is 2. The van der Waals surface area contributed by atoms with Crippen molar-refractivity contribution in [2.45, 2.75) is 68.3 Å². The number of hydrogen-bond acceptors (Lipinski definition) is 6. The van der Waals surface area contributed by atoms with E-state index in [1.807, 2.05) is 36.4 Å². The van der Waals surface area contributed by atoms with Gasteiger partial charge in [0.25, 0.3) is 11.6 Å². The Morgan fingerprint density at radius 3 is 1.57 bits per heavy atom. The van der Waals surface area contributed by atoms with Gasteiger partial charge in [-0.15, -0.1) is 0 Å². The van der Waals surface area contributed by atoms with Gasteiger partial charge in [-0.05, 0) is 110 Å². The van der Waals surface area contributed by atoms with Gasteiger partial charge in [0.2, 0.25) is 0 Å². The van der Waals surface area contributed by atoms with Gasteiger partial charge >= 0.3 is 5.97 Å². The van der Waals surface area contributed by atoms with Crippen molar-refractivity contribution in [1.82, 2.24) is 5.32 Å². The number of non-ortho nitro benzene ring substituents is 1. The summed E-state index contributed by atoms with van der Waals surface area (Å²) in [4.78, 5) is 33.7. The zero-order valence-corrected chi connectivity index (χ0v) is 33.5. The van der Waals surface area contributed by atoms with Crippen LogP contribution in [0.1, 0.15) is 63.0 Å². The molecule has 4 aromatic rings. The number of alkyl halides is 2. The van der Waals surface area contributed by atoms with Crippen molar-refractivity contribution in [1.29, 1.82) is 0 Å². The second kappa shape index (κ2) is 21.2. The summed E-state index contributed by atoms with van der Waals surface area (Å²) >= 11 is 30.3. The highest BCUT2D eigenvalue weighted by molar-refractivity contribution is 7.95. The molecule has 4 aromatic carbocycles. The number of halogens is 5. The van der Waals surface area contributed by atoms with Crippen molar-refractivity contribution in [2.24, 2.45) is 0 Å². The van der Waals surface area contributed by atoms with Crippen molar-refractivity contribution in [3.8, 4) is 0 Å². The van der Waals surface area contributed by atoms with E-state index in [4.69, 9.17) is 62.7 Å². The van der Waals surface area contributed by atoms with Gasteiger partial charge in [0.1, 0.15) is 35.9 Å². The summed E-state index contributed by atoms with van der Waals surface area (Å²) in [6, 6.07) is 28.6. The molecule has 0 fully saturated rings. The van der Waals surface area contributed by atoms with Crippen molar-refractivity contribution < 1.29 is 24.4 Å². The molecule has 0 saturated heterocycles. The molecule has 14 heteroatoms. The van der Waals surface area contributed by atoms with E-state index in [0.29, 0.717) is 21.5 Å². The number of nitro benzene ring substituents is 1. The van der Waals surface area contributed by atoms with Gasteiger partial charge in [0, 0.05) is 33.6 Å². The van der Waals surface area contributed by atoms with E-state index in [1.165, 1.54) is 40.2 Å². The Labute approximate surface area is 335 Å². The van der Waals surface area contributed by atoms with E-state index in [-0.39, 0.29) is 24.3 Å². The molecule has 2 N–H and O–H groups in total. The third-order valence-electron chi connectivity index (χ3n) is 8.95. The molecule has 282 valence electrons. The number of rotatable bonds is 20. The lowest BCUT2D eigenvalue weighted by Gasteiger charge is -2.28. The molecule has 0 heterocycles. The average molecular weight is 842 g/mol. The van der Waals surface area contributed by atoms with Crippen LogP contribution in [0.5, 0.6) is 0 Å². The first-order valence-corrected chi connectivity index (χ1v) is 21.2. The summed E-state index contributed by atoms with van der Waals surface area (Å²) < 4.78 is 5.38. The lowest BCUT2D eigenvalue weighted by molar-refractivity contribution is -0.384. The second-order valence-corrected chi connectivity index (χ2v) is 18.6. The second-order valence-electron chi connectivity index (χ2n) is 12.6. The number of nitrogens with zero attached hydrogens (tertiary/aromatic N) is 1. The number of benzene rings is 4. The summed E-state index contributed by atoms with van der Waals surface area (Å²) in [6.07, 6.45) is 6.40. The fraction of sp³-hybridized carbons (Fsp3) is 0.333. The minimum atomic E-state index is -2.05. The summed E-state index contributed by atoms with van der Waals surface area (Å²) in [7, 11) is -2.05. The van der Waals surface area contributed by atoms with Gasteiger partial charge in [0.15, 0.2) is 4.84 Å². The Hall–Kier alpha value is -2.94. The monoisotopic (exact) mass is 839 g/mol. The van der Waals surface area contributed by atoms with Gasteiger partial charge < -0.3 is 15.2 Å². The lowest BCUT2D eigenvalue weighted by Crippen LogP contribution is -2.45. The minimum Gasteiger partial charge on any atom is -0.463 e. The normalized spacial score (nSPS) is 12.7. The van der Waals surface area contributed by atoms with Crippen molar-refractivity contribution in [3.05, 3.63) is 128 Å². The lowest BCUT2D eigenvalue weighted by atomic mass is 10.0. The van der Waals surface area contributed by atoms with Crippen LogP contribution in [0.25, 0.3) is 0 Å². The van der Waals surface area contributed by atoms with E-state index in [2.05, 4.69) is 41.7 Å². The zero-order valence-electron chi connectivity index (χ0n) is 28.8. The Bertz CT molecular complexity index is 1670. The molecule has 4 rings (SSSR count).